The van der Waals surface area contributed by atoms with Crippen molar-refractivity contribution in [3.63, 3.8) is 0 Å². The van der Waals surface area contributed by atoms with Crippen molar-refractivity contribution in [2.24, 2.45) is 5.73 Å². The number of nitrogens with two attached hydrogens (primary N) is 1. The van der Waals surface area contributed by atoms with Crippen molar-refractivity contribution in [3.05, 3.63) is 30.3 Å². The smallest absolute Gasteiger partial charge is 0.393 e. The molecule has 1 aliphatic heterocycles. The van der Waals surface area contributed by atoms with Crippen molar-refractivity contribution >= 4 is 11.8 Å². The zero-order valence-corrected chi connectivity index (χ0v) is 14.1. The van der Waals surface area contributed by atoms with Crippen LogP contribution in [0.5, 0.6) is 0 Å². The molecule has 0 aromatic heterocycles. The number of anilines is 1. The molecule has 0 unspecified atom stereocenters. The van der Waals surface area contributed by atoms with Gasteiger partial charge in [-0.05, 0) is 0 Å². The number of cyclic esters (lactones) is 1. The van der Waals surface area contributed by atoms with E-state index in [-0.39, 0.29) is 61.9 Å². The van der Waals surface area contributed by atoms with Gasteiger partial charge < -0.3 is 33.6 Å². The molecule has 1 aromatic carbocycles. The van der Waals surface area contributed by atoms with Gasteiger partial charge in [0.1, 0.15) is 6.10 Å². The first-order chi connectivity index (χ1) is 6.81. The maximum atomic E-state index is 11.4. The van der Waals surface area contributed by atoms with Crippen LogP contribution in [-0.4, -0.2) is 25.3 Å². The maximum Gasteiger partial charge on any atom is 0.393 e. The van der Waals surface area contributed by atoms with Gasteiger partial charge in [-0.2, -0.15) is 5.69 Å². The van der Waals surface area contributed by atoms with Crippen molar-refractivity contribution < 1.29 is 59.2 Å². The number of hydrogen-bond acceptors (Lipinski definition) is 3. The van der Waals surface area contributed by atoms with Crippen LogP contribution in [0.1, 0.15) is 0 Å². The fourth-order valence-corrected chi connectivity index (χ4v) is 1.35. The molecular formula is C10H10N2O2UV-2. The molecule has 83 valence electrons. The summed E-state index contributed by atoms with van der Waals surface area (Å²) in [6.07, 6.45) is -0.559. The SMILES string of the molecule is NC[C@H]1CN(c2c[c-]c[c-]c2)C(=O)O1.[U].[V]. The Morgan fingerprint density at radius 2 is 2.12 bits per heavy atom. The van der Waals surface area contributed by atoms with Crippen molar-refractivity contribution in [3.8, 4) is 0 Å². The first-order valence-corrected chi connectivity index (χ1v) is 4.36. The zero-order chi connectivity index (χ0) is 9.97. The Hall–Kier alpha value is 0.0864. The first kappa shape index (κ1) is 16.1. The summed E-state index contributed by atoms with van der Waals surface area (Å²) >= 11 is 0. The molecule has 0 saturated carbocycles. The van der Waals surface area contributed by atoms with E-state index in [2.05, 4.69) is 12.1 Å². The standard InChI is InChI=1S/C10H10N2O2.U.V/c11-6-9-7-12(10(13)14-9)8-4-2-1-3-5-8;;/h1,4-5,9H,6-7,11H2;;/q-2;;/t9-;;/m0../s1. The molecule has 4 nitrogen and oxygen atoms in total. The van der Waals surface area contributed by atoms with Crippen molar-refractivity contribution in [1.29, 1.82) is 0 Å². The van der Waals surface area contributed by atoms with E-state index in [4.69, 9.17) is 10.5 Å². The van der Waals surface area contributed by atoms with E-state index in [0.717, 1.165) is 5.69 Å². The second-order valence-electron chi connectivity index (χ2n) is 3.04. The molecular weight excluding hydrogens is 469 g/mol. The second-order valence-corrected chi connectivity index (χ2v) is 3.04. The van der Waals surface area contributed by atoms with E-state index >= 15 is 0 Å². The van der Waals surface area contributed by atoms with E-state index in [0.29, 0.717) is 13.1 Å². The third-order valence-electron chi connectivity index (χ3n) is 2.08. The molecule has 1 fully saturated rings. The van der Waals surface area contributed by atoms with Crippen LogP contribution in [-0.2, 0) is 23.3 Å². The van der Waals surface area contributed by atoms with E-state index in [9.17, 15) is 4.79 Å². The topological polar surface area (TPSA) is 55.6 Å². The number of ether oxygens (including phenoxy) is 1. The Labute approximate surface area is 130 Å². The molecule has 2 rings (SSSR count). The minimum atomic E-state index is -0.353. The third kappa shape index (κ3) is 3.54. The van der Waals surface area contributed by atoms with Gasteiger partial charge in [-0.25, -0.2) is 4.79 Å². The Morgan fingerprint density at radius 1 is 1.50 bits per heavy atom. The first-order valence-electron chi connectivity index (χ1n) is 4.36. The number of benzene rings is 1. The second kappa shape index (κ2) is 7.42. The molecule has 1 radical (unpaired) electrons. The third-order valence-corrected chi connectivity index (χ3v) is 2.08. The molecule has 1 aliphatic rings. The molecule has 2 N–H and O–H groups in total. The number of amides is 1. The Bertz CT molecular complexity index is 337. The summed E-state index contributed by atoms with van der Waals surface area (Å²) in [6.45, 7) is 0.851. The van der Waals surface area contributed by atoms with Crippen LogP contribution in [0.3, 0.4) is 0 Å². The quantitative estimate of drug-likeness (QED) is 0.632. The molecule has 0 spiro atoms. The molecule has 16 heavy (non-hydrogen) atoms. The fourth-order valence-electron chi connectivity index (χ4n) is 1.35. The fraction of sp³-hybridized carbons (Fsp3) is 0.300. The molecule has 1 amide bonds. The monoisotopic (exact) mass is 479 g/mol. The molecule has 1 aromatic rings. The summed E-state index contributed by atoms with van der Waals surface area (Å²) in [7, 11) is 0. The van der Waals surface area contributed by atoms with Crippen LogP contribution in [0.2, 0.25) is 0 Å². The molecule has 1 saturated heterocycles. The van der Waals surface area contributed by atoms with Gasteiger partial charge in [-0.1, -0.05) is 0 Å². The molecule has 0 bridgehead atoms. The minimum absolute atomic E-state index is 0. The predicted molar refractivity (Wildman–Crippen MR) is 50.8 cm³/mol. The molecule has 0 aliphatic carbocycles. The number of carbonyl (C=O) groups excluding carboxylic acids is 1. The van der Waals surface area contributed by atoms with E-state index < -0.39 is 0 Å². The summed E-state index contributed by atoms with van der Waals surface area (Å²) in [5.41, 5.74) is 6.16. The molecule has 1 atom stereocenters. The van der Waals surface area contributed by atoms with Gasteiger partial charge in [-0.3, -0.25) is 12.1 Å². The number of carbonyl (C=O) groups is 1. The average molecular weight is 479 g/mol. The van der Waals surface area contributed by atoms with Gasteiger partial charge >= 0.3 is 6.09 Å². The van der Waals surface area contributed by atoms with Crippen LogP contribution in [0.4, 0.5) is 10.5 Å². The summed E-state index contributed by atoms with van der Waals surface area (Å²) in [4.78, 5) is 12.9. The van der Waals surface area contributed by atoms with Crippen LogP contribution in [0.15, 0.2) is 18.2 Å². The van der Waals surface area contributed by atoms with Crippen LogP contribution in [0, 0.1) is 43.2 Å². The Balaban J connectivity index is 0.00000112. The minimum Gasteiger partial charge on any atom is -0.444 e. The van der Waals surface area contributed by atoms with Gasteiger partial charge in [-0.15, -0.1) is 0 Å². The largest absolute Gasteiger partial charge is 0.444 e. The van der Waals surface area contributed by atoms with E-state index in [1.165, 1.54) is 4.90 Å². The Morgan fingerprint density at radius 3 is 2.62 bits per heavy atom. The zero-order valence-electron chi connectivity index (χ0n) is 8.51. The van der Waals surface area contributed by atoms with Crippen LogP contribution in [0.25, 0.3) is 0 Å². The number of hydrogen-bond donors (Lipinski definition) is 1. The number of rotatable bonds is 2. The van der Waals surface area contributed by atoms with Crippen molar-refractivity contribution in [2.75, 3.05) is 18.0 Å². The van der Waals surface area contributed by atoms with Crippen LogP contribution < -0.4 is 10.6 Å². The summed E-state index contributed by atoms with van der Waals surface area (Å²) in [6, 6.07) is 10.8. The van der Waals surface area contributed by atoms with Crippen molar-refractivity contribution in [2.45, 2.75) is 6.10 Å². The molecule has 1 heterocycles. The maximum absolute atomic E-state index is 11.4. The molecule has 6 heteroatoms. The number of nitrogens with zero attached hydrogens (tertiary/aromatic N) is 1. The van der Waals surface area contributed by atoms with E-state index in [1.807, 2.05) is 0 Å². The summed E-state index contributed by atoms with van der Waals surface area (Å²) < 4.78 is 5.01. The van der Waals surface area contributed by atoms with Gasteiger partial charge in [0, 0.05) is 62.8 Å². The van der Waals surface area contributed by atoms with Gasteiger partial charge in [0.15, 0.2) is 0 Å². The van der Waals surface area contributed by atoms with E-state index in [1.54, 1.807) is 18.2 Å². The summed E-state index contributed by atoms with van der Waals surface area (Å²) in [5, 5.41) is 0. The van der Waals surface area contributed by atoms with Gasteiger partial charge in [0.05, 0.1) is 0 Å². The van der Waals surface area contributed by atoms with Gasteiger partial charge in [0.25, 0.3) is 0 Å². The predicted octanol–water partition coefficient (Wildman–Crippen LogP) is 0.568. The van der Waals surface area contributed by atoms with Crippen molar-refractivity contribution in [1.82, 2.24) is 0 Å². The Kier molecular flexibility index (Phi) is 7.46. The summed E-state index contributed by atoms with van der Waals surface area (Å²) in [5.74, 6) is 0. The van der Waals surface area contributed by atoms with Gasteiger partial charge in [0.2, 0.25) is 0 Å². The van der Waals surface area contributed by atoms with Crippen LogP contribution >= 0.6 is 0 Å². The normalized spacial score (nSPS) is 18.4. The average Bonchev–Trinajstić information content (AvgIpc) is 2.61.